The molecule has 1 aliphatic heterocycles. The second-order valence-corrected chi connectivity index (χ2v) is 4.41. The van der Waals surface area contributed by atoms with Crippen LogP contribution < -0.4 is 11.1 Å². The first-order valence-corrected chi connectivity index (χ1v) is 5.71. The summed E-state index contributed by atoms with van der Waals surface area (Å²) in [7, 11) is 0. The summed E-state index contributed by atoms with van der Waals surface area (Å²) < 4.78 is 5.21. The van der Waals surface area contributed by atoms with E-state index in [4.69, 9.17) is 10.5 Å². The monoisotopic (exact) mass is 235 g/mol. The molecule has 1 amide bonds. The van der Waals surface area contributed by atoms with Gasteiger partial charge in [-0.15, -0.1) is 0 Å². The lowest BCUT2D eigenvalue weighted by atomic mass is 9.90. The molecule has 5 nitrogen and oxygen atoms in total. The van der Waals surface area contributed by atoms with E-state index < -0.39 is 5.54 Å². The molecule has 0 atom stereocenters. The van der Waals surface area contributed by atoms with Gasteiger partial charge in [0.15, 0.2) is 0 Å². The minimum atomic E-state index is -0.810. The molecule has 1 saturated heterocycles. The summed E-state index contributed by atoms with van der Waals surface area (Å²) in [4.78, 5) is 16.2. The number of nitrogens with two attached hydrogens (primary N) is 1. The molecule has 0 unspecified atom stereocenters. The Balaban J connectivity index is 2.05. The molecular weight excluding hydrogens is 218 g/mol. The fourth-order valence-corrected chi connectivity index (χ4v) is 1.84. The summed E-state index contributed by atoms with van der Waals surface area (Å²) in [6.45, 7) is 2.96. The van der Waals surface area contributed by atoms with Crippen molar-refractivity contribution < 1.29 is 9.53 Å². The van der Waals surface area contributed by atoms with Crippen molar-refractivity contribution >= 4 is 11.6 Å². The number of carbonyl (C=O) groups excluding carboxylic acids is 1. The summed E-state index contributed by atoms with van der Waals surface area (Å²) in [5, 5.41) is 2.83. The fraction of sp³-hybridized carbons (Fsp3) is 0.500. The maximum Gasteiger partial charge on any atom is 0.244 e. The van der Waals surface area contributed by atoms with E-state index in [2.05, 4.69) is 10.3 Å². The number of aryl methyl sites for hydroxylation is 1. The summed E-state index contributed by atoms with van der Waals surface area (Å²) in [5.74, 6) is -0.147. The highest BCUT2D eigenvalue weighted by Gasteiger charge is 2.35. The van der Waals surface area contributed by atoms with Gasteiger partial charge < -0.3 is 15.8 Å². The highest BCUT2D eigenvalue weighted by Crippen LogP contribution is 2.20. The molecule has 2 heterocycles. The Morgan fingerprint density at radius 1 is 1.53 bits per heavy atom. The number of amides is 1. The molecular formula is C12H17N3O2. The van der Waals surface area contributed by atoms with Crippen LogP contribution in [0.5, 0.6) is 0 Å². The molecule has 17 heavy (non-hydrogen) atoms. The van der Waals surface area contributed by atoms with E-state index in [1.54, 1.807) is 12.3 Å². The van der Waals surface area contributed by atoms with Gasteiger partial charge in [-0.3, -0.25) is 9.78 Å². The van der Waals surface area contributed by atoms with Crippen LogP contribution >= 0.6 is 0 Å². The highest BCUT2D eigenvalue weighted by atomic mass is 16.5. The molecule has 92 valence electrons. The topological polar surface area (TPSA) is 77.2 Å². The predicted molar refractivity (Wildman–Crippen MR) is 64.6 cm³/mol. The second-order valence-electron chi connectivity index (χ2n) is 4.41. The number of nitrogens with one attached hydrogen (secondary N) is 1. The number of carbonyl (C=O) groups is 1. The molecule has 1 aromatic rings. The van der Waals surface area contributed by atoms with Crippen molar-refractivity contribution in [2.75, 3.05) is 18.5 Å². The molecule has 0 radical (unpaired) electrons. The average Bonchev–Trinajstić information content (AvgIpc) is 2.30. The zero-order valence-corrected chi connectivity index (χ0v) is 9.90. The lowest BCUT2D eigenvalue weighted by molar-refractivity contribution is -0.124. The molecule has 1 fully saturated rings. The van der Waals surface area contributed by atoms with Crippen molar-refractivity contribution in [1.29, 1.82) is 0 Å². The number of nitrogens with zero attached hydrogens (tertiary/aromatic N) is 1. The molecule has 1 aromatic heterocycles. The van der Waals surface area contributed by atoms with E-state index in [9.17, 15) is 4.79 Å². The van der Waals surface area contributed by atoms with Crippen molar-refractivity contribution in [3.8, 4) is 0 Å². The van der Waals surface area contributed by atoms with Crippen molar-refractivity contribution in [1.82, 2.24) is 4.98 Å². The highest BCUT2D eigenvalue weighted by molar-refractivity contribution is 5.98. The molecule has 0 spiro atoms. The van der Waals surface area contributed by atoms with Crippen LogP contribution in [-0.2, 0) is 9.53 Å². The molecule has 2 rings (SSSR count). The summed E-state index contributed by atoms with van der Waals surface area (Å²) in [6.07, 6.45) is 2.78. The number of anilines is 1. The Morgan fingerprint density at radius 2 is 2.24 bits per heavy atom. The van der Waals surface area contributed by atoms with E-state index >= 15 is 0 Å². The van der Waals surface area contributed by atoms with Gasteiger partial charge in [-0.25, -0.2) is 0 Å². The Morgan fingerprint density at radius 3 is 2.88 bits per heavy atom. The smallest absolute Gasteiger partial charge is 0.244 e. The number of ether oxygens (including phenoxy) is 1. The second kappa shape index (κ2) is 4.81. The minimum absolute atomic E-state index is 0.147. The Kier molecular flexibility index (Phi) is 3.40. The minimum Gasteiger partial charge on any atom is -0.381 e. The molecule has 0 aromatic carbocycles. The average molecular weight is 235 g/mol. The van der Waals surface area contributed by atoms with Gasteiger partial charge in [-0.1, -0.05) is 0 Å². The zero-order valence-electron chi connectivity index (χ0n) is 9.90. The van der Waals surface area contributed by atoms with Crippen LogP contribution in [0.15, 0.2) is 18.3 Å². The third-order valence-corrected chi connectivity index (χ3v) is 2.99. The van der Waals surface area contributed by atoms with Crippen LogP contribution in [0.4, 0.5) is 5.69 Å². The van der Waals surface area contributed by atoms with Crippen LogP contribution in [0.1, 0.15) is 18.5 Å². The first-order valence-electron chi connectivity index (χ1n) is 5.71. The van der Waals surface area contributed by atoms with Crippen LogP contribution in [0, 0.1) is 6.92 Å². The maximum absolute atomic E-state index is 12.1. The van der Waals surface area contributed by atoms with Gasteiger partial charge >= 0.3 is 0 Å². The number of pyridine rings is 1. The fourth-order valence-electron chi connectivity index (χ4n) is 1.84. The zero-order chi connectivity index (χ0) is 12.3. The van der Waals surface area contributed by atoms with Gasteiger partial charge in [0.25, 0.3) is 0 Å². The van der Waals surface area contributed by atoms with Crippen LogP contribution in [0.3, 0.4) is 0 Å². The first-order chi connectivity index (χ1) is 8.10. The largest absolute Gasteiger partial charge is 0.381 e. The third kappa shape index (κ3) is 2.81. The molecule has 0 aliphatic carbocycles. The number of rotatable bonds is 2. The van der Waals surface area contributed by atoms with Crippen LogP contribution in [0.2, 0.25) is 0 Å². The van der Waals surface area contributed by atoms with Gasteiger partial charge in [0.05, 0.1) is 0 Å². The molecule has 3 N–H and O–H groups in total. The van der Waals surface area contributed by atoms with Crippen molar-refractivity contribution in [2.24, 2.45) is 5.73 Å². The van der Waals surface area contributed by atoms with Crippen LogP contribution in [-0.4, -0.2) is 29.6 Å². The molecule has 0 saturated carbocycles. The Hall–Kier alpha value is -1.46. The van der Waals surface area contributed by atoms with Crippen LogP contribution in [0.25, 0.3) is 0 Å². The molecule has 0 bridgehead atoms. The lowest BCUT2D eigenvalue weighted by Gasteiger charge is -2.31. The number of hydrogen-bond donors (Lipinski definition) is 2. The standard InChI is InChI=1S/C12H17N3O2/c1-9-8-10(2-5-14-9)15-11(16)12(13)3-6-17-7-4-12/h2,5,8H,3-4,6-7,13H2,1H3,(H,14,15,16). The molecule has 5 heteroatoms. The van der Waals surface area contributed by atoms with Gasteiger partial charge in [0.1, 0.15) is 5.54 Å². The first kappa shape index (κ1) is 12.0. The lowest BCUT2D eigenvalue weighted by Crippen LogP contribution is -2.54. The maximum atomic E-state index is 12.1. The number of aromatic nitrogens is 1. The van der Waals surface area contributed by atoms with Crippen molar-refractivity contribution in [2.45, 2.75) is 25.3 Å². The number of hydrogen-bond acceptors (Lipinski definition) is 4. The Labute approximate surface area is 100 Å². The third-order valence-electron chi connectivity index (χ3n) is 2.99. The summed E-state index contributed by atoms with van der Waals surface area (Å²) >= 11 is 0. The van der Waals surface area contributed by atoms with E-state index in [0.717, 1.165) is 11.4 Å². The van der Waals surface area contributed by atoms with Crippen molar-refractivity contribution in [3.05, 3.63) is 24.0 Å². The predicted octanol–water partition coefficient (Wildman–Crippen LogP) is 0.836. The quantitative estimate of drug-likeness (QED) is 0.796. The molecule has 1 aliphatic rings. The van der Waals surface area contributed by atoms with E-state index in [1.807, 2.05) is 13.0 Å². The Bertz CT molecular complexity index is 414. The van der Waals surface area contributed by atoms with Gasteiger partial charge in [0, 0.05) is 30.8 Å². The SMILES string of the molecule is Cc1cc(NC(=O)C2(N)CCOCC2)ccn1. The van der Waals surface area contributed by atoms with Crippen molar-refractivity contribution in [3.63, 3.8) is 0 Å². The normalized spacial score (nSPS) is 18.7. The van der Waals surface area contributed by atoms with E-state index in [1.165, 1.54) is 0 Å². The summed E-state index contributed by atoms with van der Waals surface area (Å²) in [6, 6.07) is 3.58. The van der Waals surface area contributed by atoms with Gasteiger partial charge in [-0.2, -0.15) is 0 Å². The van der Waals surface area contributed by atoms with Gasteiger partial charge in [-0.05, 0) is 31.9 Å². The van der Waals surface area contributed by atoms with E-state index in [-0.39, 0.29) is 5.91 Å². The van der Waals surface area contributed by atoms with Gasteiger partial charge in [0.2, 0.25) is 5.91 Å². The summed E-state index contributed by atoms with van der Waals surface area (Å²) in [5.41, 5.74) is 6.87. The van der Waals surface area contributed by atoms with E-state index in [0.29, 0.717) is 26.1 Å².